The van der Waals surface area contributed by atoms with Crippen molar-refractivity contribution >= 4 is 40.6 Å². The average Bonchev–Trinajstić information content (AvgIpc) is 3.33. The molecule has 212 valence electrons. The molecule has 0 aliphatic rings. The van der Waals surface area contributed by atoms with Crippen molar-refractivity contribution in [3.63, 3.8) is 0 Å². The lowest BCUT2D eigenvalue weighted by Crippen LogP contribution is -2.57. The van der Waals surface area contributed by atoms with E-state index in [2.05, 4.69) is 20.9 Å². The standard InChI is InChI=1S/C28H33N5O7/c1-16(25(36)32-22(28(39)40)11-12-24(34)35)31-27(38)23(14-18-15-30-21-10-6-5-9-19(18)21)33-26(37)20(29)13-17-7-3-2-4-8-17/h2-10,15-16,20,22-23,30H,11-14,29H2,1H3,(H,31,38)(H,32,36)(H,33,37)(H,34,35)(H,39,40). The summed E-state index contributed by atoms with van der Waals surface area (Å²) in [6, 6.07) is 12.0. The predicted molar refractivity (Wildman–Crippen MR) is 146 cm³/mol. The Kier molecular flexibility index (Phi) is 10.4. The van der Waals surface area contributed by atoms with Gasteiger partial charge in [0.1, 0.15) is 18.1 Å². The summed E-state index contributed by atoms with van der Waals surface area (Å²) in [5.74, 6) is -4.65. The Morgan fingerprint density at radius 2 is 1.48 bits per heavy atom. The Hall–Kier alpha value is -4.71. The zero-order chi connectivity index (χ0) is 29.2. The van der Waals surface area contributed by atoms with Crippen LogP contribution in [0.2, 0.25) is 0 Å². The summed E-state index contributed by atoms with van der Waals surface area (Å²) in [6.45, 7) is 1.36. The summed E-state index contributed by atoms with van der Waals surface area (Å²) >= 11 is 0. The van der Waals surface area contributed by atoms with Gasteiger partial charge in [0.15, 0.2) is 0 Å². The maximum absolute atomic E-state index is 13.3. The number of carbonyl (C=O) groups excluding carboxylic acids is 3. The number of hydrogen-bond acceptors (Lipinski definition) is 6. The third-order valence-corrected chi connectivity index (χ3v) is 6.38. The second-order valence-corrected chi connectivity index (χ2v) is 9.48. The molecule has 3 rings (SSSR count). The third-order valence-electron chi connectivity index (χ3n) is 6.38. The van der Waals surface area contributed by atoms with E-state index in [1.165, 1.54) is 6.92 Å². The van der Waals surface area contributed by atoms with Gasteiger partial charge in [-0.25, -0.2) is 4.79 Å². The van der Waals surface area contributed by atoms with Crippen LogP contribution in [0.15, 0.2) is 60.8 Å². The van der Waals surface area contributed by atoms with E-state index >= 15 is 0 Å². The van der Waals surface area contributed by atoms with Crippen LogP contribution in [0, 0.1) is 0 Å². The molecule has 2 aromatic carbocycles. The number of carboxylic acids is 2. The summed E-state index contributed by atoms with van der Waals surface area (Å²) in [5.41, 5.74) is 8.58. The fourth-order valence-corrected chi connectivity index (χ4v) is 4.17. The van der Waals surface area contributed by atoms with Crippen molar-refractivity contribution in [2.75, 3.05) is 0 Å². The highest BCUT2D eigenvalue weighted by Gasteiger charge is 2.29. The fraction of sp³-hybridized carbons (Fsp3) is 0.321. The average molecular weight is 552 g/mol. The topological polar surface area (TPSA) is 204 Å². The minimum absolute atomic E-state index is 0.0876. The molecule has 0 spiro atoms. The molecule has 0 saturated carbocycles. The third kappa shape index (κ3) is 8.40. The summed E-state index contributed by atoms with van der Waals surface area (Å²) in [5, 5.41) is 26.5. The minimum Gasteiger partial charge on any atom is -0.481 e. The summed E-state index contributed by atoms with van der Waals surface area (Å²) in [4.78, 5) is 64.3. The van der Waals surface area contributed by atoms with Crippen LogP contribution in [0.3, 0.4) is 0 Å². The number of para-hydroxylation sites is 1. The number of aliphatic carboxylic acids is 2. The quantitative estimate of drug-likeness (QED) is 0.152. The molecule has 0 aliphatic carbocycles. The van der Waals surface area contributed by atoms with Crippen LogP contribution in [0.1, 0.15) is 30.9 Å². The van der Waals surface area contributed by atoms with E-state index in [1.807, 2.05) is 54.6 Å². The van der Waals surface area contributed by atoms with Crippen molar-refractivity contribution in [1.82, 2.24) is 20.9 Å². The van der Waals surface area contributed by atoms with Crippen LogP contribution in [0.4, 0.5) is 0 Å². The smallest absolute Gasteiger partial charge is 0.326 e. The van der Waals surface area contributed by atoms with E-state index in [0.717, 1.165) is 22.0 Å². The first-order valence-corrected chi connectivity index (χ1v) is 12.8. The molecule has 0 bridgehead atoms. The maximum atomic E-state index is 13.3. The first-order valence-electron chi connectivity index (χ1n) is 12.8. The Morgan fingerprint density at radius 1 is 0.825 bits per heavy atom. The predicted octanol–water partition coefficient (Wildman–Crippen LogP) is 0.704. The lowest BCUT2D eigenvalue weighted by molar-refractivity contribution is -0.143. The van der Waals surface area contributed by atoms with Crippen molar-refractivity contribution in [3.8, 4) is 0 Å². The van der Waals surface area contributed by atoms with Crippen LogP contribution in [-0.2, 0) is 36.8 Å². The number of hydrogen-bond donors (Lipinski definition) is 7. The molecule has 0 aliphatic heterocycles. The number of nitrogens with one attached hydrogen (secondary N) is 4. The van der Waals surface area contributed by atoms with Gasteiger partial charge in [-0.1, -0.05) is 48.5 Å². The number of aromatic amines is 1. The van der Waals surface area contributed by atoms with Crippen molar-refractivity contribution in [1.29, 1.82) is 0 Å². The Bertz CT molecular complexity index is 1360. The molecule has 1 aromatic heterocycles. The molecule has 12 heteroatoms. The number of carboxylic acid groups (broad SMARTS) is 2. The van der Waals surface area contributed by atoms with Gasteiger partial charge < -0.3 is 36.9 Å². The van der Waals surface area contributed by atoms with E-state index in [0.29, 0.717) is 0 Å². The largest absolute Gasteiger partial charge is 0.481 e. The van der Waals surface area contributed by atoms with Gasteiger partial charge in [-0.2, -0.15) is 0 Å². The van der Waals surface area contributed by atoms with Gasteiger partial charge in [-0.05, 0) is 37.0 Å². The van der Waals surface area contributed by atoms with Gasteiger partial charge in [-0.3, -0.25) is 19.2 Å². The van der Waals surface area contributed by atoms with Gasteiger partial charge in [-0.15, -0.1) is 0 Å². The number of nitrogens with two attached hydrogens (primary N) is 1. The number of amides is 3. The SMILES string of the molecule is CC(NC(=O)C(Cc1c[nH]c2ccccc12)NC(=O)C(N)Cc1ccccc1)C(=O)NC(CCC(=O)O)C(=O)O. The normalized spacial score (nSPS) is 13.9. The van der Waals surface area contributed by atoms with E-state index in [4.69, 9.17) is 10.8 Å². The number of benzene rings is 2. The van der Waals surface area contributed by atoms with Gasteiger partial charge in [0.05, 0.1) is 6.04 Å². The highest BCUT2D eigenvalue weighted by atomic mass is 16.4. The molecule has 40 heavy (non-hydrogen) atoms. The zero-order valence-electron chi connectivity index (χ0n) is 21.9. The van der Waals surface area contributed by atoms with Crippen LogP contribution in [0.25, 0.3) is 10.9 Å². The Labute approximate surface area is 230 Å². The lowest BCUT2D eigenvalue weighted by Gasteiger charge is -2.23. The molecule has 0 saturated heterocycles. The highest BCUT2D eigenvalue weighted by molar-refractivity contribution is 5.94. The maximum Gasteiger partial charge on any atom is 0.326 e. The molecule has 8 N–H and O–H groups in total. The van der Waals surface area contributed by atoms with E-state index in [9.17, 15) is 29.1 Å². The van der Waals surface area contributed by atoms with Crippen LogP contribution in [0.5, 0.6) is 0 Å². The molecule has 4 atom stereocenters. The van der Waals surface area contributed by atoms with Gasteiger partial charge in [0, 0.05) is 29.9 Å². The number of aromatic nitrogens is 1. The highest BCUT2D eigenvalue weighted by Crippen LogP contribution is 2.19. The summed E-state index contributed by atoms with van der Waals surface area (Å²) in [7, 11) is 0. The Balaban J connectivity index is 1.73. The second-order valence-electron chi connectivity index (χ2n) is 9.48. The number of H-pyrrole nitrogens is 1. The van der Waals surface area contributed by atoms with E-state index in [-0.39, 0.29) is 19.3 Å². The molecule has 0 radical (unpaired) electrons. The van der Waals surface area contributed by atoms with Crippen molar-refractivity contribution in [2.45, 2.75) is 56.8 Å². The van der Waals surface area contributed by atoms with Crippen LogP contribution >= 0.6 is 0 Å². The molecule has 4 unspecified atom stereocenters. The summed E-state index contributed by atoms with van der Waals surface area (Å²) in [6.07, 6.45) is 1.29. The molecule has 3 amide bonds. The van der Waals surface area contributed by atoms with Crippen LogP contribution < -0.4 is 21.7 Å². The van der Waals surface area contributed by atoms with Crippen molar-refractivity contribution in [2.24, 2.45) is 5.73 Å². The molecular weight excluding hydrogens is 518 g/mol. The van der Waals surface area contributed by atoms with E-state index < -0.39 is 60.2 Å². The van der Waals surface area contributed by atoms with Gasteiger partial charge in [0.25, 0.3) is 0 Å². The fourth-order valence-electron chi connectivity index (χ4n) is 4.17. The molecular formula is C28H33N5O7. The first-order chi connectivity index (χ1) is 19.0. The number of carbonyl (C=O) groups is 5. The minimum atomic E-state index is -1.44. The molecule has 0 fully saturated rings. The van der Waals surface area contributed by atoms with E-state index in [1.54, 1.807) is 6.20 Å². The molecule has 3 aromatic rings. The summed E-state index contributed by atoms with van der Waals surface area (Å²) < 4.78 is 0. The first kappa shape index (κ1) is 29.8. The van der Waals surface area contributed by atoms with Gasteiger partial charge in [0.2, 0.25) is 17.7 Å². The zero-order valence-corrected chi connectivity index (χ0v) is 21.9. The van der Waals surface area contributed by atoms with Gasteiger partial charge >= 0.3 is 11.9 Å². The molecule has 12 nitrogen and oxygen atoms in total. The second kappa shape index (κ2) is 13.9. The monoisotopic (exact) mass is 551 g/mol. The van der Waals surface area contributed by atoms with Crippen molar-refractivity contribution in [3.05, 3.63) is 71.9 Å². The number of fused-ring (bicyclic) bond motifs is 1. The van der Waals surface area contributed by atoms with Crippen LogP contribution in [-0.4, -0.2) is 69.0 Å². The van der Waals surface area contributed by atoms with Crippen molar-refractivity contribution < 1.29 is 34.2 Å². The molecule has 1 heterocycles. The Morgan fingerprint density at radius 3 is 2.15 bits per heavy atom. The lowest BCUT2D eigenvalue weighted by atomic mass is 10.0. The number of rotatable bonds is 14.